The molecule has 1 amide bonds. The normalized spacial score (nSPS) is 13.3. The van der Waals surface area contributed by atoms with Gasteiger partial charge in [-0.15, -0.1) is 0 Å². The number of carbonyl (C=O) groups excluding carboxylic acids is 1. The maximum atomic E-state index is 12.2. The molecule has 0 radical (unpaired) electrons. The number of fused-ring (bicyclic) bond motifs is 1. The highest BCUT2D eigenvalue weighted by atomic mass is 32.2. The van der Waals surface area contributed by atoms with Gasteiger partial charge in [-0.1, -0.05) is 6.92 Å². The monoisotopic (exact) mass is 308 g/mol. The maximum Gasteiger partial charge on any atom is 0.233 e. The molecule has 0 spiro atoms. The summed E-state index contributed by atoms with van der Waals surface area (Å²) in [4.78, 5) is 19.1. The van der Waals surface area contributed by atoms with E-state index in [-0.39, 0.29) is 17.2 Å². The van der Waals surface area contributed by atoms with Crippen LogP contribution in [0.1, 0.15) is 27.2 Å². The van der Waals surface area contributed by atoms with Gasteiger partial charge in [0.05, 0.1) is 21.8 Å². The van der Waals surface area contributed by atoms with E-state index in [0.29, 0.717) is 21.9 Å². The minimum atomic E-state index is -1.51. The molecule has 7 heteroatoms. The second-order valence-electron chi connectivity index (χ2n) is 5.59. The number of H-pyrrole nitrogens is 1. The van der Waals surface area contributed by atoms with Crippen LogP contribution in [-0.2, 0) is 15.6 Å². The van der Waals surface area contributed by atoms with Crippen molar-refractivity contribution in [3.05, 3.63) is 18.2 Å². The van der Waals surface area contributed by atoms with Crippen LogP contribution in [0.4, 0.5) is 5.69 Å². The Hall–Kier alpha value is -1.89. The summed E-state index contributed by atoms with van der Waals surface area (Å²) in [5.74, 6) is -0.362. The number of nitrogens with one attached hydrogen (secondary N) is 2. The van der Waals surface area contributed by atoms with Gasteiger partial charge in [0.2, 0.25) is 5.91 Å². The van der Waals surface area contributed by atoms with E-state index < -0.39 is 10.8 Å². The average Bonchev–Trinajstić information content (AvgIpc) is 2.81. The predicted octanol–water partition coefficient (Wildman–Crippen LogP) is 1.56. The van der Waals surface area contributed by atoms with Gasteiger partial charge in [0, 0.05) is 11.2 Å². The number of hydrogen-bond acceptors (Lipinski definition) is 4. The lowest BCUT2D eigenvalue weighted by atomic mass is 10.0. The number of rotatable bonds is 5. The van der Waals surface area contributed by atoms with Gasteiger partial charge in [0.15, 0.2) is 5.16 Å². The van der Waals surface area contributed by atoms with Crippen LogP contribution in [0.5, 0.6) is 0 Å². The number of nitrogens with two attached hydrogens (primary N) is 1. The number of aromatic amines is 1. The summed E-state index contributed by atoms with van der Waals surface area (Å²) in [6, 6.07) is 5.21. The third-order valence-electron chi connectivity index (χ3n) is 3.32. The third kappa shape index (κ3) is 3.81. The number of nitrogen functional groups attached to an aromatic ring is 1. The second kappa shape index (κ2) is 5.85. The van der Waals surface area contributed by atoms with Gasteiger partial charge in [0.25, 0.3) is 0 Å². The Balaban J connectivity index is 2.10. The first-order valence-corrected chi connectivity index (χ1v) is 8.07. The minimum absolute atomic E-state index is 0.112. The highest BCUT2D eigenvalue weighted by Gasteiger charge is 2.20. The smallest absolute Gasteiger partial charge is 0.233 e. The molecule has 1 aromatic carbocycles. The number of carbonyl (C=O) groups is 1. The van der Waals surface area contributed by atoms with E-state index in [1.807, 2.05) is 20.8 Å². The Morgan fingerprint density at radius 3 is 2.86 bits per heavy atom. The fraction of sp³-hybridized carbons (Fsp3) is 0.429. The largest absolute Gasteiger partial charge is 0.399 e. The molecule has 0 saturated carbocycles. The summed E-state index contributed by atoms with van der Waals surface area (Å²) in [7, 11) is -1.51. The molecule has 1 unspecified atom stereocenters. The fourth-order valence-electron chi connectivity index (χ4n) is 1.80. The van der Waals surface area contributed by atoms with Crippen LogP contribution in [0.3, 0.4) is 0 Å². The van der Waals surface area contributed by atoms with Crippen LogP contribution in [0.15, 0.2) is 23.4 Å². The first-order valence-electron chi connectivity index (χ1n) is 6.75. The number of hydrogen-bond donors (Lipinski definition) is 3. The predicted molar refractivity (Wildman–Crippen MR) is 84.3 cm³/mol. The molecule has 0 fully saturated rings. The zero-order valence-electron chi connectivity index (χ0n) is 12.4. The van der Waals surface area contributed by atoms with Gasteiger partial charge in [0.1, 0.15) is 5.75 Å². The van der Waals surface area contributed by atoms with E-state index in [1.165, 1.54) is 0 Å². The van der Waals surface area contributed by atoms with Crippen LogP contribution in [0, 0.1) is 0 Å². The summed E-state index contributed by atoms with van der Waals surface area (Å²) in [6.07, 6.45) is 0.801. The first kappa shape index (κ1) is 15.5. The Kier molecular flexibility index (Phi) is 4.32. The number of amides is 1. The molecular formula is C14H20N4O2S. The van der Waals surface area contributed by atoms with Gasteiger partial charge in [-0.05, 0) is 38.5 Å². The summed E-state index contributed by atoms with van der Waals surface area (Å²) in [5.41, 5.74) is 7.39. The highest BCUT2D eigenvalue weighted by Crippen LogP contribution is 2.16. The van der Waals surface area contributed by atoms with Crippen molar-refractivity contribution >= 4 is 33.4 Å². The van der Waals surface area contributed by atoms with E-state index in [9.17, 15) is 9.00 Å². The lowest BCUT2D eigenvalue weighted by Gasteiger charge is -2.24. The summed E-state index contributed by atoms with van der Waals surface area (Å²) in [5, 5.41) is 3.15. The van der Waals surface area contributed by atoms with E-state index in [0.717, 1.165) is 6.42 Å². The van der Waals surface area contributed by atoms with Crippen molar-refractivity contribution in [1.29, 1.82) is 0 Å². The van der Waals surface area contributed by atoms with Crippen LogP contribution in [-0.4, -0.2) is 31.4 Å². The summed E-state index contributed by atoms with van der Waals surface area (Å²) < 4.78 is 12.2. The topological polar surface area (TPSA) is 101 Å². The van der Waals surface area contributed by atoms with Crippen molar-refractivity contribution in [2.75, 3.05) is 11.5 Å². The summed E-state index contributed by atoms with van der Waals surface area (Å²) in [6.45, 7) is 5.84. The Morgan fingerprint density at radius 1 is 1.48 bits per heavy atom. The van der Waals surface area contributed by atoms with Crippen molar-refractivity contribution < 1.29 is 9.00 Å². The minimum Gasteiger partial charge on any atom is -0.399 e. The lowest BCUT2D eigenvalue weighted by Crippen LogP contribution is -2.44. The molecule has 1 aromatic heterocycles. The first-order chi connectivity index (χ1) is 9.80. The fourth-order valence-corrected chi connectivity index (χ4v) is 2.67. The van der Waals surface area contributed by atoms with Crippen molar-refractivity contribution in [2.45, 2.75) is 37.9 Å². The standard InChI is InChI=1S/C14H20N4O2S/c1-4-14(2,3)18-12(19)8-21(20)13-16-10-6-5-9(15)7-11(10)17-13/h5-7H,4,8,15H2,1-3H3,(H,16,17)(H,18,19). The molecule has 0 aliphatic heterocycles. The molecule has 2 aromatic rings. The second-order valence-corrected chi connectivity index (χ2v) is 6.96. The number of imidazole rings is 1. The number of aromatic nitrogens is 2. The molecule has 114 valence electrons. The zero-order chi connectivity index (χ0) is 15.6. The van der Waals surface area contributed by atoms with Crippen molar-refractivity contribution in [3.8, 4) is 0 Å². The Morgan fingerprint density at radius 2 is 2.19 bits per heavy atom. The Labute approximate surface area is 126 Å². The van der Waals surface area contributed by atoms with Gasteiger partial charge in [-0.3, -0.25) is 9.00 Å². The van der Waals surface area contributed by atoms with Gasteiger partial charge >= 0.3 is 0 Å². The third-order valence-corrected chi connectivity index (χ3v) is 4.47. The van der Waals surface area contributed by atoms with E-state index in [4.69, 9.17) is 5.73 Å². The number of nitrogens with zero attached hydrogens (tertiary/aromatic N) is 1. The van der Waals surface area contributed by atoms with E-state index in [2.05, 4.69) is 15.3 Å². The molecule has 2 rings (SSSR count). The molecule has 4 N–H and O–H groups in total. The highest BCUT2D eigenvalue weighted by molar-refractivity contribution is 7.85. The molecule has 0 aliphatic carbocycles. The summed E-state index contributed by atoms with van der Waals surface area (Å²) >= 11 is 0. The molecule has 21 heavy (non-hydrogen) atoms. The molecule has 6 nitrogen and oxygen atoms in total. The average molecular weight is 308 g/mol. The van der Waals surface area contributed by atoms with Crippen molar-refractivity contribution in [2.24, 2.45) is 0 Å². The molecule has 0 saturated heterocycles. The maximum absolute atomic E-state index is 12.2. The van der Waals surface area contributed by atoms with Gasteiger partial charge in [-0.25, -0.2) is 4.98 Å². The Bertz CT molecular complexity index is 693. The quantitative estimate of drug-likeness (QED) is 0.730. The number of anilines is 1. The van der Waals surface area contributed by atoms with E-state index >= 15 is 0 Å². The van der Waals surface area contributed by atoms with Crippen LogP contribution in [0.25, 0.3) is 11.0 Å². The molecule has 0 aliphatic rings. The molecule has 1 atom stereocenters. The molecule has 1 heterocycles. The lowest BCUT2D eigenvalue weighted by molar-refractivity contribution is -0.120. The van der Waals surface area contributed by atoms with E-state index in [1.54, 1.807) is 18.2 Å². The van der Waals surface area contributed by atoms with Gasteiger partial charge in [-0.2, -0.15) is 0 Å². The van der Waals surface area contributed by atoms with Gasteiger partial charge < -0.3 is 16.0 Å². The van der Waals surface area contributed by atoms with Crippen LogP contribution >= 0.6 is 0 Å². The number of benzene rings is 1. The zero-order valence-corrected chi connectivity index (χ0v) is 13.2. The molecular weight excluding hydrogens is 288 g/mol. The molecule has 0 bridgehead atoms. The van der Waals surface area contributed by atoms with Crippen molar-refractivity contribution in [1.82, 2.24) is 15.3 Å². The SMILES string of the molecule is CCC(C)(C)NC(=O)CS(=O)c1nc2ccc(N)cc2[nH]1. The van der Waals surface area contributed by atoms with Crippen LogP contribution < -0.4 is 11.1 Å². The van der Waals surface area contributed by atoms with Crippen LogP contribution in [0.2, 0.25) is 0 Å². The van der Waals surface area contributed by atoms with Crippen molar-refractivity contribution in [3.63, 3.8) is 0 Å².